The Hall–Kier alpha value is -3.76. The van der Waals surface area contributed by atoms with Gasteiger partial charge >= 0.3 is 0 Å². The molecule has 1 aromatic heterocycles. The maximum absolute atomic E-state index is 9.43. The van der Waals surface area contributed by atoms with E-state index in [1.807, 2.05) is 24.3 Å². The Kier molecular flexibility index (Phi) is 6.00. The van der Waals surface area contributed by atoms with Crippen molar-refractivity contribution in [1.29, 1.82) is 5.26 Å². The zero-order valence-electron chi connectivity index (χ0n) is 19.4. The Labute approximate surface area is 214 Å². The molecule has 0 saturated heterocycles. The Bertz CT molecular complexity index is 1510. The maximum atomic E-state index is 9.43. The van der Waals surface area contributed by atoms with Crippen LogP contribution in [0.1, 0.15) is 22.3 Å². The number of nitrogens with zero attached hydrogens (tertiary/aromatic N) is 2. The van der Waals surface area contributed by atoms with Crippen molar-refractivity contribution in [2.75, 3.05) is 21.0 Å². The SMILES string of the molecule is COc1ccc2c(Cc3cccc(C#N)c3)c3[n+](cc2c1OC)CCc1cc2c(cc1-3)OCO2.[Br-]. The van der Waals surface area contributed by atoms with Crippen LogP contribution in [-0.2, 0) is 19.4 Å². The van der Waals surface area contributed by atoms with Crippen LogP contribution >= 0.6 is 0 Å². The van der Waals surface area contributed by atoms with Crippen LogP contribution in [0.3, 0.4) is 0 Å². The molecule has 0 radical (unpaired) electrons. The second-order valence-electron chi connectivity index (χ2n) is 8.51. The van der Waals surface area contributed by atoms with Crippen LogP contribution in [0.5, 0.6) is 23.0 Å². The standard InChI is InChI=1S/C28H23N2O4.BrH/c1-31-24-7-6-20-22(11-17-4-3-5-18(10-17)14-29)27-21-13-26-25(33-16-34-26)12-19(21)8-9-30(27)15-23(20)28(24)32-2;/h3-7,10,12-13,15H,8-9,11,16H2,1-2H3;1H/q+1;/p-1. The van der Waals surface area contributed by atoms with Crippen molar-refractivity contribution in [2.24, 2.45) is 0 Å². The number of benzene rings is 3. The number of fused-ring (bicyclic) bond motifs is 5. The number of aryl methyl sites for hydroxylation is 2. The molecule has 3 heterocycles. The average molecular weight is 531 g/mol. The lowest BCUT2D eigenvalue weighted by Crippen LogP contribution is -3.00. The first-order valence-electron chi connectivity index (χ1n) is 11.2. The fraction of sp³-hybridized carbons (Fsp3) is 0.214. The van der Waals surface area contributed by atoms with Crippen molar-refractivity contribution in [3.8, 4) is 40.3 Å². The first kappa shape index (κ1) is 23.0. The van der Waals surface area contributed by atoms with Gasteiger partial charge in [-0.2, -0.15) is 9.83 Å². The maximum Gasteiger partial charge on any atom is 0.231 e. The van der Waals surface area contributed by atoms with E-state index in [1.54, 1.807) is 14.2 Å². The van der Waals surface area contributed by atoms with Gasteiger partial charge in [0.15, 0.2) is 35.7 Å². The summed E-state index contributed by atoms with van der Waals surface area (Å²) < 4.78 is 25.0. The number of pyridine rings is 1. The molecule has 35 heavy (non-hydrogen) atoms. The van der Waals surface area contributed by atoms with Crippen molar-refractivity contribution in [3.63, 3.8) is 0 Å². The second kappa shape index (κ2) is 9.12. The molecule has 4 aromatic rings. The molecule has 176 valence electrons. The molecule has 0 unspecified atom stereocenters. The van der Waals surface area contributed by atoms with Crippen LogP contribution in [0, 0.1) is 11.3 Å². The van der Waals surface area contributed by atoms with Crippen molar-refractivity contribution >= 4 is 10.8 Å². The third-order valence-electron chi connectivity index (χ3n) is 6.68. The number of nitriles is 1. The van der Waals surface area contributed by atoms with Crippen LogP contribution in [0.2, 0.25) is 0 Å². The summed E-state index contributed by atoms with van der Waals surface area (Å²) in [7, 11) is 3.33. The third kappa shape index (κ3) is 3.75. The summed E-state index contributed by atoms with van der Waals surface area (Å²) in [5.41, 5.74) is 6.46. The number of ether oxygens (including phenoxy) is 4. The van der Waals surface area contributed by atoms with Gasteiger partial charge in [0.1, 0.15) is 0 Å². The van der Waals surface area contributed by atoms with Crippen LogP contribution in [0.4, 0.5) is 0 Å². The highest BCUT2D eigenvalue weighted by atomic mass is 79.9. The Morgan fingerprint density at radius 1 is 1.00 bits per heavy atom. The first-order chi connectivity index (χ1) is 16.7. The van der Waals surface area contributed by atoms with Crippen LogP contribution < -0.4 is 40.5 Å². The van der Waals surface area contributed by atoms with Crippen molar-refractivity contribution in [3.05, 3.63) is 77.0 Å². The lowest BCUT2D eigenvalue weighted by molar-refractivity contribution is -0.686. The third-order valence-corrected chi connectivity index (χ3v) is 6.68. The van der Waals surface area contributed by atoms with Gasteiger partial charge in [-0.3, -0.25) is 0 Å². The number of methoxy groups -OCH3 is 2. The highest BCUT2D eigenvalue weighted by Gasteiger charge is 2.32. The number of hydrogen-bond donors (Lipinski definition) is 0. The van der Waals surface area contributed by atoms with Crippen molar-refractivity contribution < 1.29 is 40.5 Å². The van der Waals surface area contributed by atoms with E-state index < -0.39 is 0 Å². The fourth-order valence-corrected chi connectivity index (χ4v) is 5.14. The topological polar surface area (TPSA) is 64.6 Å². The van der Waals surface area contributed by atoms with Crippen molar-refractivity contribution in [2.45, 2.75) is 19.4 Å². The molecule has 0 atom stereocenters. The van der Waals surface area contributed by atoms with E-state index in [1.165, 1.54) is 11.1 Å². The molecule has 0 spiro atoms. The van der Waals surface area contributed by atoms with Gasteiger partial charge in [0.2, 0.25) is 12.5 Å². The molecule has 6 nitrogen and oxygen atoms in total. The van der Waals surface area contributed by atoms with Gasteiger partial charge in [-0.05, 0) is 47.5 Å². The van der Waals surface area contributed by atoms with Gasteiger partial charge in [-0.25, -0.2) is 0 Å². The summed E-state index contributed by atoms with van der Waals surface area (Å²) in [5.74, 6) is 3.01. The predicted molar refractivity (Wildman–Crippen MR) is 126 cm³/mol. The number of rotatable bonds is 4. The predicted octanol–water partition coefficient (Wildman–Crippen LogP) is 1.56. The normalized spacial score (nSPS) is 12.8. The quantitative estimate of drug-likeness (QED) is 0.375. The summed E-state index contributed by atoms with van der Waals surface area (Å²) in [4.78, 5) is 0. The lowest BCUT2D eigenvalue weighted by atomic mass is 9.88. The molecule has 0 aliphatic carbocycles. The Morgan fingerprint density at radius 3 is 2.60 bits per heavy atom. The Balaban J connectivity index is 0.00000253. The summed E-state index contributed by atoms with van der Waals surface area (Å²) in [6, 6.07) is 18.3. The zero-order chi connectivity index (χ0) is 23.2. The first-order valence-corrected chi connectivity index (χ1v) is 11.2. The second-order valence-corrected chi connectivity index (χ2v) is 8.51. The minimum absolute atomic E-state index is 0. The highest BCUT2D eigenvalue weighted by Crippen LogP contribution is 2.44. The highest BCUT2D eigenvalue weighted by molar-refractivity contribution is 5.95. The van der Waals surface area contributed by atoms with E-state index in [-0.39, 0.29) is 23.8 Å². The van der Waals surface area contributed by atoms with Gasteiger partial charge in [-0.15, -0.1) is 0 Å². The molecule has 0 N–H and O–H groups in total. The largest absolute Gasteiger partial charge is 1.00 e. The molecule has 2 aliphatic rings. The van der Waals surface area contributed by atoms with Crippen LogP contribution in [0.15, 0.2) is 54.7 Å². The van der Waals surface area contributed by atoms with Gasteiger partial charge in [0.25, 0.3) is 0 Å². The van der Waals surface area contributed by atoms with Gasteiger partial charge in [0.05, 0.1) is 36.8 Å². The van der Waals surface area contributed by atoms with Crippen LogP contribution in [0.25, 0.3) is 22.0 Å². The van der Waals surface area contributed by atoms with E-state index in [9.17, 15) is 5.26 Å². The minimum atomic E-state index is 0. The smallest absolute Gasteiger partial charge is 0.231 e. The summed E-state index contributed by atoms with van der Waals surface area (Å²) in [6.45, 7) is 1.09. The van der Waals surface area contributed by atoms with Gasteiger partial charge in [-0.1, -0.05) is 12.1 Å². The van der Waals surface area contributed by atoms with E-state index in [4.69, 9.17) is 18.9 Å². The van der Waals surface area contributed by atoms with Gasteiger partial charge in [0, 0.05) is 23.8 Å². The molecule has 3 aromatic carbocycles. The molecular formula is C28H23BrN2O4. The molecule has 0 bridgehead atoms. The molecule has 0 saturated carbocycles. The lowest BCUT2D eigenvalue weighted by Gasteiger charge is -2.21. The minimum Gasteiger partial charge on any atom is -1.00 e. The molecule has 6 rings (SSSR count). The van der Waals surface area contributed by atoms with Crippen molar-refractivity contribution in [1.82, 2.24) is 0 Å². The van der Waals surface area contributed by atoms with Gasteiger partial charge < -0.3 is 35.9 Å². The molecule has 0 fully saturated rings. The molecule has 2 aliphatic heterocycles. The summed E-state index contributed by atoms with van der Waals surface area (Å²) in [6.07, 6.45) is 3.73. The molecular weight excluding hydrogens is 508 g/mol. The average Bonchev–Trinajstić information content (AvgIpc) is 3.33. The zero-order valence-corrected chi connectivity index (χ0v) is 21.0. The Morgan fingerprint density at radius 2 is 1.83 bits per heavy atom. The van der Waals surface area contributed by atoms with E-state index in [2.05, 4.69) is 41.1 Å². The number of aromatic nitrogens is 1. The summed E-state index contributed by atoms with van der Waals surface area (Å²) in [5, 5.41) is 11.5. The monoisotopic (exact) mass is 530 g/mol. The molecule has 7 heteroatoms. The summed E-state index contributed by atoms with van der Waals surface area (Å²) >= 11 is 0. The van der Waals surface area contributed by atoms with Crippen LogP contribution in [-0.4, -0.2) is 21.0 Å². The van der Waals surface area contributed by atoms with E-state index in [0.29, 0.717) is 17.7 Å². The number of hydrogen-bond acceptors (Lipinski definition) is 5. The van der Waals surface area contributed by atoms with E-state index in [0.717, 1.165) is 57.8 Å². The van der Waals surface area contributed by atoms with E-state index >= 15 is 0 Å². The molecule has 0 amide bonds. The number of halogens is 1. The fourth-order valence-electron chi connectivity index (χ4n) is 5.14.